The van der Waals surface area contributed by atoms with Crippen LogP contribution in [0.2, 0.25) is 0 Å². The summed E-state index contributed by atoms with van der Waals surface area (Å²) in [4.78, 5) is 31.0. The number of nitrogens with zero attached hydrogens (tertiary/aromatic N) is 5. The molecule has 2 heterocycles. The zero-order chi connectivity index (χ0) is 26.9. The van der Waals surface area contributed by atoms with Crippen LogP contribution in [0.1, 0.15) is 20.3 Å². The normalized spacial score (nSPS) is 13.6. The minimum absolute atomic E-state index is 0.00894. The van der Waals surface area contributed by atoms with Gasteiger partial charge in [-0.3, -0.25) is 9.59 Å². The molecule has 200 valence electrons. The van der Waals surface area contributed by atoms with E-state index in [1.165, 1.54) is 12.7 Å². The molecule has 2 amide bonds. The van der Waals surface area contributed by atoms with E-state index in [9.17, 15) is 9.59 Å². The molecule has 0 N–H and O–H groups in total. The van der Waals surface area contributed by atoms with Crippen molar-refractivity contribution in [2.45, 2.75) is 20.3 Å². The van der Waals surface area contributed by atoms with Crippen molar-refractivity contribution >= 4 is 17.6 Å². The van der Waals surface area contributed by atoms with Crippen LogP contribution in [-0.2, 0) is 14.3 Å². The maximum atomic E-state index is 13.0. The molecule has 8 heteroatoms. The molecule has 1 saturated heterocycles. The molecule has 0 radical (unpaired) electrons. The predicted molar refractivity (Wildman–Crippen MR) is 150 cm³/mol. The van der Waals surface area contributed by atoms with Gasteiger partial charge in [0.15, 0.2) is 5.82 Å². The van der Waals surface area contributed by atoms with Crippen molar-refractivity contribution in [2.75, 3.05) is 57.9 Å². The van der Waals surface area contributed by atoms with Crippen LogP contribution in [0.15, 0.2) is 66.7 Å². The van der Waals surface area contributed by atoms with Crippen LogP contribution in [0.5, 0.6) is 0 Å². The highest BCUT2D eigenvalue weighted by atomic mass is 16.5. The van der Waals surface area contributed by atoms with Gasteiger partial charge in [0.05, 0.1) is 12.2 Å². The average Bonchev–Trinajstić information content (AvgIpc) is 2.96. The molecule has 0 atom stereocenters. The van der Waals surface area contributed by atoms with Crippen LogP contribution in [0, 0.1) is 5.92 Å². The first-order chi connectivity index (χ1) is 18.4. The molecule has 4 rings (SSSR count). The van der Waals surface area contributed by atoms with Gasteiger partial charge >= 0.3 is 0 Å². The molecule has 0 aliphatic carbocycles. The predicted octanol–water partition coefficient (Wildman–Crippen LogP) is 3.98. The summed E-state index contributed by atoms with van der Waals surface area (Å²) in [7, 11) is 1.50. The highest BCUT2D eigenvalue weighted by molar-refractivity contribution is 5.85. The van der Waals surface area contributed by atoms with Crippen LogP contribution in [0.3, 0.4) is 0 Å². The lowest BCUT2D eigenvalue weighted by molar-refractivity contribution is -0.143. The van der Waals surface area contributed by atoms with Crippen LogP contribution in [0.25, 0.3) is 22.4 Å². The van der Waals surface area contributed by atoms with Gasteiger partial charge in [-0.1, -0.05) is 68.4 Å². The molecule has 0 spiro atoms. The Bertz CT molecular complexity index is 1170. The fraction of sp³-hybridized carbons (Fsp3) is 0.400. The van der Waals surface area contributed by atoms with E-state index in [1.54, 1.807) is 4.90 Å². The third kappa shape index (κ3) is 7.16. The van der Waals surface area contributed by atoms with Gasteiger partial charge in [-0.2, -0.15) is 0 Å². The number of carbonyl (C=O) groups excluding carboxylic acids is 2. The number of piperazine rings is 1. The van der Waals surface area contributed by atoms with E-state index in [0.717, 1.165) is 29.1 Å². The van der Waals surface area contributed by atoms with Crippen LogP contribution in [0.4, 0.5) is 5.82 Å². The largest absolute Gasteiger partial charge is 0.375 e. The van der Waals surface area contributed by atoms with E-state index in [1.807, 2.05) is 35.2 Å². The number of hydrogen-bond acceptors (Lipinski definition) is 6. The number of amides is 2. The number of rotatable bonds is 10. The van der Waals surface area contributed by atoms with E-state index in [4.69, 9.17) is 4.74 Å². The quantitative estimate of drug-likeness (QED) is 0.407. The van der Waals surface area contributed by atoms with Gasteiger partial charge in [-0.15, -0.1) is 10.2 Å². The lowest BCUT2D eigenvalue weighted by atomic mass is 10.0. The Balaban J connectivity index is 1.31. The van der Waals surface area contributed by atoms with Crippen LogP contribution >= 0.6 is 0 Å². The molecule has 1 fully saturated rings. The van der Waals surface area contributed by atoms with E-state index < -0.39 is 0 Å². The first kappa shape index (κ1) is 27.3. The average molecular weight is 516 g/mol. The zero-order valence-corrected chi connectivity index (χ0v) is 22.5. The second kappa shape index (κ2) is 13.1. The van der Waals surface area contributed by atoms with Crippen molar-refractivity contribution in [1.29, 1.82) is 0 Å². The molecular formula is C30H37N5O3. The number of aromatic nitrogens is 2. The zero-order valence-electron chi connectivity index (χ0n) is 22.5. The summed E-state index contributed by atoms with van der Waals surface area (Å²) >= 11 is 0. The van der Waals surface area contributed by atoms with Crippen LogP contribution < -0.4 is 4.90 Å². The summed E-state index contributed by atoms with van der Waals surface area (Å²) in [5.74, 6) is 1.08. The van der Waals surface area contributed by atoms with E-state index in [0.29, 0.717) is 38.6 Å². The standard InChI is InChI=1S/C30H37N5O3/c1-23(2)15-16-35(30(37)22-38-3)21-29(36)34-19-17-33(18-20-34)28-14-13-27(31-32-28)26-11-9-25(10-12-26)24-7-5-4-6-8-24/h4-14,23H,15-22H2,1-3H3. The van der Waals surface area contributed by atoms with Crippen molar-refractivity contribution in [3.8, 4) is 22.4 Å². The van der Waals surface area contributed by atoms with E-state index in [-0.39, 0.29) is 25.0 Å². The maximum absolute atomic E-state index is 13.0. The number of ether oxygens (including phenoxy) is 1. The van der Waals surface area contributed by atoms with Gasteiger partial charge < -0.3 is 19.4 Å². The van der Waals surface area contributed by atoms with E-state index >= 15 is 0 Å². The Kier molecular flexibility index (Phi) is 9.43. The summed E-state index contributed by atoms with van der Waals surface area (Å²) in [6.07, 6.45) is 0.850. The summed E-state index contributed by atoms with van der Waals surface area (Å²) in [6, 6.07) is 22.6. The third-order valence-electron chi connectivity index (χ3n) is 6.82. The van der Waals surface area contributed by atoms with Gasteiger partial charge in [0.1, 0.15) is 6.61 Å². The fourth-order valence-electron chi connectivity index (χ4n) is 4.48. The lowest BCUT2D eigenvalue weighted by Crippen LogP contribution is -2.52. The number of carbonyl (C=O) groups is 2. The molecule has 38 heavy (non-hydrogen) atoms. The Morgan fingerprint density at radius 3 is 2.13 bits per heavy atom. The highest BCUT2D eigenvalue weighted by Crippen LogP contribution is 2.24. The molecule has 2 aromatic carbocycles. The second-order valence-corrected chi connectivity index (χ2v) is 10.0. The third-order valence-corrected chi connectivity index (χ3v) is 6.82. The first-order valence-corrected chi connectivity index (χ1v) is 13.2. The molecule has 1 aromatic heterocycles. The summed E-state index contributed by atoms with van der Waals surface area (Å²) in [5, 5.41) is 8.93. The van der Waals surface area contributed by atoms with Crippen molar-refractivity contribution in [2.24, 2.45) is 5.92 Å². The number of anilines is 1. The van der Waals surface area contributed by atoms with Crippen molar-refractivity contribution in [3.63, 3.8) is 0 Å². The Hall–Kier alpha value is -3.78. The number of hydrogen-bond donors (Lipinski definition) is 0. The summed E-state index contributed by atoms with van der Waals surface area (Å²) < 4.78 is 5.01. The van der Waals surface area contributed by atoms with Crippen LogP contribution in [-0.4, -0.2) is 84.8 Å². The van der Waals surface area contributed by atoms with Crippen molar-refractivity contribution < 1.29 is 14.3 Å². The van der Waals surface area contributed by atoms with Gasteiger partial charge in [0.25, 0.3) is 0 Å². The SMILES string of the molecule is COCC(=O)N(CCC(C)C)CC(=O)N1CCN(c2ccc(-c3ccc(-c4ccccc4)cc3)nn2)CC1. The molecule has 0 bridgehead atoms. The summed E-state index contributed by atoms with van der Waals surface area (Å²) in [5.41, 5.74) is 4.19. The molecule has 1 aliphatic rings. The first-order valence-electron chi connectivity index (χ1n) is 13.2. The minimum atomic E-state index is -0.148. The molecule has 3 aromatic rings. The topological polar surface area (TPSA) is 78.9 Å². The monoisotopic (exact) mass is 515 g/mol. The van der Waals surface area contributed by atoms with Crippen molar-refractivity contribution in [3.05, 3.63) is 66.7 Å². The number of methoxy groups -OCH3 is 1. The smallest absolute Gasteiger partial charge is 0.249 e. The highest BCUT2D eigenvalue weighted by Gasteiger charge is 2.25. The Morgan fingerprint density at radius 1 is 0.868 bits per heavy atom. The molecule has 0 saturated carbocycles. The minimum Gasteiger partial charge on any atom is -0.375 e. The van der Waals surface area contributed by atoms with Gasteiger partial charge in [0.2, 0.25) is 11.8 Å². The molecule has 0 unspecified atom stereocenters. The second-order valence-electron chi connectivity index (χ2n) is 10.0. The molecule has 1 aliphatic heterocycles. The molecule has 8 nitrogen and oxygen atoms in total. The van der Waals surface area contributed by atoms with Crippen molar-refractivity contribution in [1.82, 2.24) is 20.0 Å². The van der Waals surface area contributed by atoms with E-state index in [2.05, 4.69) is 65.3 Å². The molecular weight excluding hydrogens is 478 g/mol. The fourth-order valence-corrected chi connectivity index (χ4v) is 4.48. The summed E-state index contributed by atoms with van der Waals surface area (Å²) in [6.45, 7) is 7.36. The van der Waals surface area contributed by atoms with Gasteiger partial charge in [-0.25, -0.2) is 0 Å². The lowest BCUT2D eigenvalue weighted by Gasteiger charge is -2.36. The van der Waals surface area contributed by atoms with Gasteiger partial charge in [-0.05, 0) is 35.6 Å². The maximum Gasteiger partial charge on any atom is 0.249 e. The Labute approximate surface area is 225 Å². The Morgan fingerprint density at radius 2 is 1.53 bits per heavy atom. The van der Waals surface area contributed by atoms with Gasteiger partial charge in [0, 0.05) is 45.4 Å². The number of benzene rings is 2.